The monoisotopic (exact) mass is 467 g/mol. The number of likely N-dealkylation sites (N-methyl/N-ethyl adjacent to an activating group) is 1. The third-order valence-corrected chi connectivity index (χ3v) is 5.64. The van der Waals surface area contributed by atoms with E-state index in [-0.39, 0.29) is 28.6 Å². The number of hydrogen-bond acceptors (Lipinski definition) is 5. The van der Waals surface area contributed by atoms with Crippen LogP contribution >= 0.6 is 11.6 Å². The van der Waals surface area contributed by atoms with Gasteiger partial charge in [0.25, 0.3) is 15.9 Å². The minimum atomic E-state index is -4.03. The van der Waals surface area contributed by atoms with E-state index in [4.69, 9.17) is 16.3 Å². The van der Waals surface area contributed by atoms with E-state index in [0.29, 0.717) is 10.8 Å². The van der Waals surface area contributed by atoms with Crippen LogP contribution in [-0.4, -0.2) is 51.4 Å². The van der Waals surface area contributed by atoms with Gasteiger partial charge in [0.15, 0.2) is 0 Å². The molecule has 0 aliphatic carbocycles. The number of nitrogens with one attached hydrogen (secondary N) is 2. The first-order valence-electron chi connectivity index (χ1n) is 9.35. The Balaban J connectivity index is 2.23. The summed E-state index contributed by atoms with van der Waals surface area (Å²) in [7, 11) is -1.15. The highest BCUT2D eigenvalue weighted by Gasteiger charge is 2.22. The van der Waals surface area contributed by atoms with Crippen molar-refractivity contribution in [3.05, 3.63) is 53.1 Å². The van der Waals surface area contributed by atoms with E-state index in [2.05, 4.69) is 10.0 Å². The highest BCUT2D eigenvalue weighted by Crippen LogP contribution is 2.30. The molecule has 0 spiro atoms. The van der Waals surface area contributed by atoms with E-state index in [1.807, 2.05) is 20.8 Å². The summed E-state index contributed by atoms with van der Waals surface area (Å²) >= 11 is 5.96. The molecular weight excluding hydrogens is 442 g/mol. The summed E-state index contributed by atoms with van der Waals surface area (Å²) in [5.41, 5.74) is -0.128. The Labute approximate surface area is 187 Å². The molecule has 0 radical (unpaired) electrons. The van der Waals surface area contributed by atoms with Crippen LogP contribution in [0.5, 0.6) is 5.75 Å². The number of methoxy groups -OCH3 is 1. The maximum absolute atomic E-state index is 12.9. The van der Waals surface area contributed by atoms with E-state index in [1.165, 1.54) is 55.5 Å². The van der Waals surface area contributed by atoms with Gasteiger partial charge in [0.2, 0.25) is 5.91 Å². The fourth-order valence-corrected chi connectivity index (χ4v) is 4.00. The molecule has 31 heavy (non-hydrogen) atoms. The molecule has 0 aliphatic rings. The number of nitrogens with zero attached hydrogens (tertiary/aromatic N) is 1. The molecule has 0 saturated carbocycles. The maximum atomic E-state index is 12.9. The number of ether oxygens (including phenoxy) is 1. The minimum absolute atomic E-state index is 0.118. The number of benzene rings is 2. The fourth-order valence-electron chi connectivity index (χ4n) is 2.73. The molecule has 0 aromatic heterocycles. The lowest BCUT2D eigenvalue weighted by Crippen LogP contribution is -2.46. The van der Waals surface area contributed by atoms with Gasteiger partial charge in [-0.1, -0.05) is 17.7 Å². The molecule has 8 nitrogen and oxygen atoms in total. The predicted octanol–water partition coefficient (Wildman–Crippen LogP) is 3.14. The number of carbonyl (C=O) groups excluding carboxylic acids is 2. The van der Waals surface area contributed by atoms with E-state index in [9.17, 15) is 18.0 Å². The topological polar surface area (TPSA) is 105 Å². The standard InChI is InChI=1S/C21H26ClN3O5S/c1-21(2,3)23-19(26)13-25(4)20(27)14-7-6-8-16(11-14)31(28,29)24-17-12-15(22)9-10-18(17)30-5/h6-12,24H,13H2,1-5H3,(H,23,26). The van der Waals surface area contributed by atoms with Crippen molar-refractivity contribution in [3.63, 3.8) is 0 Å². The van der Waals surface area contributed by atoms with Crippen LogP contribution in [-0.2, 0) is 14.8 Å². The summed E-state index contributed by atoms with van der Waals surface area (Å²) in [5, 5.41) is 3.10. The van der Waals surface area contributed by atoms with Crippen LogP contribution in [0.15, 0.2) is 47.4 Å². The Morgan fingerprint density at radius 1 is 1.13 bits per heavy atom. The zero-order chi connectivity index (χ0) is 23.4. The van der Waals surface area contributed by atoms with Crippen LogP contribution in [0.3, 0.4) is 0 Å². The van der Waals surface area contributed by atoms with Gasteiger partial charge >= 0.3 is 0 Å². The highest BCUT2D eigenvalue weighted by molar-refractivity contribution is 7.92. The Morgan fingerprint density at radius 3 is 2.42 bits per heavy atom. The van der Waals surface area contributed by atoms with Gasteiger partial charge < -0.3 is 15.0 Å². The Kier molecular flexibility index (Phi) is 7.56. The van der Waals surface area contributed by atoms with E-state index >= 15 is 0 Å². The molecular formula is C21H26ClN3O5S. The second-order valence-electron chi connectivity index (χ2n) is 7.94. The summed E-state index contributed by atoms with van der Waals surface area (Å²) in [6, 6.07) is 10.1. The van der Waals surface area contributed by atoms with Crippen molar-refractivity contribution in [1.82, 2.24) is 10.2 Å². The van der Waals surface area contributed by atoms with Gasteiger partial charge in [-0.3, -0.25) is 14.3 Å². The second kappa shape index (κ2) is 9.57. The zero-order valence-electron chi connectivity index (χ0n) is 18.0. The average Bonchev–Trinajstić information content (AvgIpc) is 2.65. The maximum Gasteiger partial charge on any atom is 0.262 e. The van der Waals surface area contributed by atoms with Gasteiger partial charge in [0.1, 0.15) is 5.75 Å². The molecule has 2 N–H and O–H groups in total. The van der Waals surface area contributed by atoms with Crippen LogP contribution in [0.1, 0.15) is 31.1 Å². The largest absolute Gasteiger partial charge is 0.495 e. The van der Waals surface area contributed by atoms with E-state index < -0.39 is 21.5 Å². The molecule has 0 bridgehead atoms. The van der Waals surface area contributed by atoms with E-state index in [1.54, 1.807) is 6.07 Å². The Morgan fingerprint density at radius 2 is 1.81 bits per heavy atom. The zero-order valence-corrected chi connectivity index (χ0v) is 19.6. The van der Waals surface area contributed by atoms with Crippen LogP contribution in [0, 0.1) is 0 Å². The van der Waals surface area contributed by atoms with Crippen LogP contribution < -0.4 is 14.8 Å². The van der Waals surface area contributed by atoms with Crippen LogP contribution in [0.25, 0.3) is 0 Å². The predicted molar refractivity (Wildman–Crippen MR) is 120 cm³/mol. The number of halogens is 1. The van der Waals surface area contributed by atoms with Crippen molar-refractivity contribution in [1.29, 1.82) is 0 Å². The third kappa shape index (κ3) is 6.86. The van der Waals surface area contributed by atoms with Crippen LogP contribution in [0.4, 0.5) is 5.69 Å². The van der Waals surface area contributed by atoms with Gasteiger partial charge in [-0.05, 0) is 57.2 Å². The molecule has 0 unspecified atom stereocenters. The van der Waals surface area contributed by atoms with Gasteiger partial charge in [0, 0.05) is 23.2 Å². The Bertz CT molecular complexity index is 1080. The molecule has 2 amide bonds. The first kappa shape index (κ1) is 24.5. The van der Waals surface area contributed by atoms with Crippen molar-refractivity contribution in [2.45, 2.75) is 31.2 Å². The normalized spacial score (nSPS) is 11.5. The van der Waals surface area contributed by atoms with Crippen molar-refractivity contribution in [3.8, 4) is 5.75 Å². The van der Waals surface area contributed by atoms with E-state index in [0.717, 1.165) is 0 Å². The molecule has 2 rings (SSSR count). The summed E-state index contributed by atoms with van der Waals surface area (Å²) in [4.78, 5) is 25.9. The number of hydrogen-bond donors (Lipinski definition) is 2. The summed E-state index contributed by atoms with van der Waals surface area (Å²) in [6.45, 7) is 5.35. The number of carbonyl (C=O) groups is 2. The lowest BCUT2D eigenvalue weighted by Gasteiger charge is -2.23. The average molecular weight is 468 g/mol. The molecule has 2 aromatic carbocycles. The number of amides is 2. The molecule has 0 atom stereocenters. The van der Waals surface area contributed by atoms with Gasteiger partial charge in [0.05, 0.1) is 24.2 Å². The summed E-state index contributed by atoms with van der Waals surface area (Å²) < 4.78 is 33.3. The lowest BCUT2D eigenvalue weighted by molar-refractivity contribution is -0.122. The third-order valence-electron chi connectivity index (χ3n) is 4.04. The quantitative estimate of drug-likeness (QED) is 0.650. The number of anilines is 1. The minimum Gasteiger partial charge on any atom is -0.495 e. The van der Waals surface area contributed by atoms with Gasteiger partial charge in [-0.15, -0.1) is 0 Å². The smallest absolute Gasteiger partial charge is 0.262 e. The molecule has 168 valence electrons. The molecule has 0 fully saturated rings. The highest BCUT2D eigenvalue weighted by atomic mass is 35.5. The Hall–Kier alpha value is -2.78. The SMILES string of the molecule is COc1ccc(Cl)cc1NS(=O)(=O)c1cccc(C(=O)N(C)CC(=O)NC(C)(C)C)c1. The van der Waals surface area contributed by atoms with Crippen molar-refractivity contribution in [2.75, 3.05) is 25.4 Å². The molecule has 0 heterocycles. The van der Waals surface area contributed by atoms with Crippen molar-refractivity contribution >= 4 is 39.1 Å². The van der Waals surface area contributed by atoms with Gasteiger partial charge in [-0.2, -0.15) is 0 Å². The van der Waals surface area contributed by atoms with Crippen LogP contribution in [0.2, 0.25) is 5.02 Å². The number of sulfonamides is 1. The van der Waals surface area contributed by atoms with Crippen molar-refractivity contribution in [2.24, 2.45) is 0 Å². The fraction of sp³-hybridized carbons (Fsp3) is 0.333. The molecule has 2 aromatic rings. The molecule has 0 aliphatic heterocycles. The molecule has 0 saturated heterocycles. The first-order chi connectivity index (χ1) is 14.3. The number of rotatable bonds is 7. The summed E-state index contributed by atoms with van der Waals surface area (Å²) in [5.74, 6) is -0.506. The lowest BCUT2D eigenvalue weighted by atomic mass is 10.1. The second-order valence-corrected chi connectivity index (χ2v) is 10.1. The molecule has 10 heteroatoms. The first-order valence-corrected chi connectivity index (χ1v) is 11.2. The summed E-state index contributed by atoms with van der Waals surface area (Å²) in [6.07, 6.45) is 0. The van der Waals surface area contributed by atoms with Crippen molar-refractivity contribution < 1.29 is 22.7 Å². The van der Waals surface area contributed by atoms with Gasteiger partial charge in [-0.25, -0.2) is 8.42 Å².